The van der Waals surface area contributed by atoms with Gasteiger partial charge in [0.2, 0.25) is 5.91 Å². The summed E-state index contributed by atoms with van der Waals surface area (Å²) in [5, 5.41) is 14.7. The second kappa shape index (κ2) is 15.7. The topological polar surface area (TPSA) is 100 Å². The lowest BCUT2D eigenvalue weighted by Crippen LogP contribution is -2.30. The minimum Gasteiger partial charge on any atom is -0.321 e. The Morgan fingerprint density at radius 3 is 2.21 bits per heavy atom. The Morgan fingerprint density at radius 1 is 0.792 bits per heavy atom. The van der Waals surface area contributed by atoms with E-state index in [0.717, 1.165) is 21.6 Å². The van der Waals surface area contributed by atoms with Crippen LogP contribution in [0.2, 0.25) is 5.02 Å². The fourth-order valence-corrected chi connectivity index (χ4v) is 7.20. The van der Waals surface area contributed by atoms with Gasteiger partial charge in [-0.25, -0.2) is 4.98 Å². The molecule has 0 bridgehead atoms. The number of carbonyl (C=O) groups excluding carboxylic acids is 3. The quantitative estimate of drug-likeness (QED) is 0.0921. The minimum absolute atomic E-state index is 0.112. The van der Waals surface area contributed by atoms with Crippen LogP contribution in [-0.2, 0) is 9.59 Å². The highest BCUT2D eigenvalue weighted by Crippen LogP contribution is 2.38. The summed E-state index contributed by atoms with van der Waals surface area (Å²) in [6, 6.07) is 34.7. The van der Waals surface area contributed by atoms with Gasteiger partial charge in [-0.3, -0.25) is 14.4 Å². The molecule has 238 valence electrons. The lowest BCUT2D eigenvalue weighted by molar-refractivity contribution is -0.116. The Bertz CT molecular complexity index is 2050. The number of benzene rings is 4. The third-order valence-corrected chi connectivity index (χ3v) is 10.0. The highest BCUT2D eigenvalue weighted by Gasteiger charge is 2.24. The van der Waals surface area contributed by atoms with Crippen molar-refractivity contribution in [1.29, 1.82) is 0 Å². The predicted octanol–water partition coefficient (Wildman–Crippen LogP) is 9.41. The molecule has 7 nitrogen and oxygen atoms in total. The van der Waals surface area contributed by atoms with Crippen LogP contribution in [0, 0.1) is 0 Å². The van der Waals surface area contributed by atoms with Crippen LogP contribution in [0.5, 0.6) is 0 Å². The highest BCUT2D eigenvalue weighted by atomic mass is 35.5. The van der Waals surface area contributed by atoms with E-state index in [9.17, 15) is 14.4 Å². The first-order chi connectivity index (χ1) is 23.4. The van der Waals surface area contributed by atoms with Crippen LogP contribution in [0.15, 0.2) is 142 Å². The van der Waals surface area contributed by atoms with Crippen LogP contribution < -0.4 is 16.0 Å². The van der Waals surface area contributed by atoms with Crippen LogP contribution in [-0.4, -0.2) is 22.7 Å². The molecule has 48 heavy (non-hydrogen) atoms. The molecule has 0 saturated heterocycles. The van der Waals surface area contributed by atoms with E-state index in [1.807, 2.05) is 88.9 Å². The van der Waals surface area contributed by atoms with Gasteiger partial charge in [0.05, 0.1) is 5.69 Å². The Hall–Kier alpha value is -5.00. The average Bonchev–Trinajstić information content (AvgIpc) is 3.81. The number of hydrogen-bond acceptors (Lipinski definition) is 7. The van der Waals surface area contributed by atoms with Gasteiger partial charge in [-0.15, -0.1) is 23.1 Å². The van der Waals surface area contributed by atoms with Crippen LogP contribution in [0.4, 0.5) is 10.8 Å². The van der Waals surface area contributed by atoms with Crippen molar-refractivity contribution >= 4 is 80.7 Å². The zero-order valence-electron chi connectivity index (χ0n) is 25.1. The highest BCUT2D eigenvalue weighted by molar-refractivity contribution is 8.00. The molecule has 1 unspecified atom stereocenters. The third kappa shape index (κ3) is 8.47. The van der Waals surface area contributed by atoms with Crippen molar-refractivity contribution in [2.45, 2.75) is 10.1 Å². The lowest BCUT2D eigenvalue weighted by Gasteiger charge is -2.17. The zero-order chi connectivity index (χ0) is 33.3. The van der Waals surface area contributed by atoms with Crippen molar-refractivity contribution in [2.75, 3.05) is 10.6 Å². The van der Waals surface area contributed by atoms with Gasteiger partial charge in [-0.2, -0.15) is 11.3 Å². The molecule has 0 spiro atoms. The summed E-state index contributed by atoms with van der Waals surface area (Å²) in [5.74, 6) is -1.07. The molecule has 11 heteroatoms. The molecular weight excluding hydrogens is 680 g/mol. The maximum absolute atomic E-state index is 13.7. The Labute approximate surface area is 294 Å². The Kier molecular flexibility index (Phi) is 10.8. The average molecular weight is 707 g/mol. The van der Waals surface area contributed by atoms with E-state index < -0.39 is 11.2 Å². The molecule has 0 aliphatic carbocycles. The number of aromatic nitrogens is 1. The molecule has 0 aliphatic heterocycles. The normalized spacial score (nSPS) is 11.8. The summed E-state index contributed by atoms with van der Waals surface area (Å²) in [5.41, 5.74) is 4.20. The number of hydrogen-bond donors (Lipinski definition) is 3. The number of carbonyl (C=O) groups is 3. The number of nitrogens with one attached hydrogen (secondary N) is 3. The monoisotopic (exact) mass is 706 g/mol. The summed E-state index contributed by atoms with van der Waals surface area (Å²) in [6.45, 7) is 0. The molecule has 0 aliphatic rings. The van der Waals surface area contributed by atoms with Crippen molar-refractivity contribution in [2.24, 2.45) is 0 Å². The van der Waals surface area contributed by atoms with E-state index in [4.69, 9.17) is 11.6 Å². The summed E-state index contributed by atoms with van der Waals surface area (Å²) < 4.78 is 0. The molecular formula is C37H27ClN4O3S3. The predicted molar refractivity (Wildman–Crippen MR) is 198 cm³/mol. The first-order valence-corrected chi connectivity index (χ1v) is 17.8. The van der Waals surface area contributed by atoms with E-state index in [0.29, 0.717) is 27.1 Å². The first kappa shape index (κ1) is 32.9. The third-order valence-electron chi connectivity index (χ3n) is 6.97. The molecule has 3 N–H and O–H groups in total. The van der Waals surface area contributed by atoms with Gasteiger partial charge in [0.25, 0.3) is 11.8 Å². The summed E-state index contributed by atoms with van der Waals surface area (Å²) >= 11 is 10.6. The molecule has 6 aromatic rings. The van der Waals surface area contributed by atoms with E-state index >= 15 is 0 Å². The molecule has 6 rings (SSSR count). The summed E-state index contributed by atoms with van der Waals surface area (Å²) in [4.78, 5) is 45.3. The molecule has 0 fully saturated rings. The van der Waals surface area contributed by atoms with E-state index in [1.165, 1.54) is 34.4 Å². The number of thiophene rings is 1. The second-order valence-electron chi connectivity index (χ2n) is 10.3. The minimum atomic E-state index is -0.576. The van der Waals surface area contributed by atoms with Crippen LogP contribution in [0.1, 0.15) is 26.7 Å². The summed E-state index contributed by atoms with van der Waals surface area (Å²) in [6.07, 6.45) is 1.64. The fourth-order valence-electron chi connectivity index (χ4n) is 4.61. The number of thiazole rings is 1. The van der Waals surface area contributed by atoms with Crippen molar-refractivity contribution in [3.63, 3.8) is 0 Å². The van der Waals surface area contributed by atoms with Crippen molar-refractivity contribution in [1.82, 2.24) is 10.3 Å². The largest absolute Gasteiger partial charge is 0.321 e. The number of thioether (sulfide) groups is 1. The number of amides is 3. The van der Waals surface area contributed by atoms with Gasteiger partial charge < -0.3 is 16.0 Å². The van der Waals surface area contributed by atoms with Gasteiger partial charge in [0, 0.05) is 32.1 Å². The molecule has 4 aromatic carbocycles. The molecule has 0 saturated carbocycles. The Morgan fingerprint density at radius 2 is 1.50 bits per heavy atom. The Balaban J connectivity index is 1.16. The molecule has 0 radical (unpaired) electrons. The van der Waals surface area contributed by atoms with Crippen molar-refractivity contribution in [3.05, 3.63) is 159 Å². The van der Waals surface area contributed by atoms with Gasteiger partial charge in [0.15, 0.2) is 5.13 Å². The van der Waals surface area contributed by atoms with Gasteiger partial charge in [0.1, 0.15) is 10.9 Å². The maximum atomic E-state index is 13.7. The molecule has 2 aromatic heterocycles. The SMILES string of the molecule is O=C(Nc1ccc(SC(C(=O)Nc2nc(-c3ccccc3Cl)cs2)c2ccccc2)cc1)/C(=C/c1ccsc1)NC(=O)c1ccccc1. The number of anilines is 2. The second-order valence-corrected chi connectivity index (χ2v) is 13.6. The number of rotatable bonds is 11. The molecule has 2 heterocycles. The fraction of sp³-hybridized carbons (Fsp3) is 0.0270. The van der Waals surface area contributed by atoms with Crippen LogP contribution in [0.25, 0.3) is 17.3 Å². The molecule has 1 atom stereocenters. The first-order valence-electron chi connectivity index (χ1n) is 14.7. The zero-order valence-corrected chi connectivity index (χ0v) is 28.3. The number of nitrogens with zero attached hydrogens (tertiary/aromatic N) is 1. The van der Waals surface area contributed by atoms with Crippen molar-refractivity contribution in [3.8, 4) is 11.3 Å². The van der Waals surface area contributed by atoms with E-state index in [2.05, 4.69) is 20.9 Å². The van der Waals surface area contributed by atoms with Crippen LogP contribution in [0.3, 0.4) is 0 Å². The molecule has 3 amide bonds. The van der Waals surface area contributed by atoms with Gasteiger partial charge in [-0.05, 0) is 76.5 Å². The smallest absolute Gasteiger partial charge is 0.272 e. The standard InChI is InChI=1S/C37H27ClN4O3S3/c38-30-14-8-7-13-29(30)32-23-47-37(41-32)42-36(45)33(25-9-3-1-4-10-25)48-28-17-15-27(16-18-28)39-35(44)31(21-24-19-20-46-22-24)40-34(43)26-11-5-2-6-12-26/h1-23,33H,(H,39,44)(H,40,43)(H,41,42,45)/b31-21-. The van der Waals surface area contributed by atoms with Gasteiger partial charge in [-0.1, -0.05) is 78.3 Å². The summed E-state index contributed by atoms with van der Waals surface area (Å²) in [7, 11) is 0. The number of halogens is 1. The lowest BCUT2D eigenvalue weighted by atomic mass is 10.1. The van der Waals surface area contributed by atoms with Gasteiger partial charge >= 0.3 is 0 Å². The van der Waals surface area contributed by atoms with E-state index in [-0.39, 0.29) is 17.5 Å². The van der Waals surface area contributed by atoms with Crippen LogP contribution >= 0.6 is 46.0 Å². The maximum Gasteiger partial charge on any atom is 0.272 e. The van der Waals surface area contributed by atoms with Crippen molar-refractivity contribution < 1.29 is 14.4 Å². The van der Waals surface area contributed by atoms with E-state index in [1.54, 1.807) is 48.5 Å².